The summed E-state index contributed by atoms with van der Waals surface area (Å²) in [6.45, 7) is 4.50. The van der Waals surface area contributed by atoms with Crippen molar-refractivity contribution >= 4 is 18.5 Å². The Morgan fingerprint density at radius 1 is 0.680 bits per heavy atom. The van der Waals surface area contributed by atoms with Crippen LogP contribution in [0.15, 0.2) is 84.9 Å². The number of hydrogen-bond acceptors (Lipinski definition) is 0. The van der Waals surface area contributed by atoms with E-state index in [4.69, 9.17) is 0 Å². The first-order valence-corrected chi connectivity index (χ1v) is 10.7. The van der Waals surface area contributed by atoms with Gasteiger partial charge in [0.25, 0.3) is 0 Å². The third-order valence-corrected chi connectivity index (χ3v) is 7.24. The normalized spacial score (nSPS) is 11.2. The van der Waals surface area contributed by atoms with Crippen LogP contribution < -0.4 is 10.6 Å². The van der Waals surface area contributed by atoms with Gasteiger partial charge in [0, 0.05) is 0 Å². The summed E-state index contributed by atoms with van der Waals surface area (Å²) in [5.41, 5.74) is 2.89. The molecule has 0 nitrogen and oxygen atoms in total. The van der Waals surface area contributed by atoms with Gasteiger partial charge in [-0.25, -0.2) is 0 Å². The third-order valence-electron chi connectivity index (χ3n) is 4.63. The quantitative estimate of drug-likeness (QED) is 0.469. The van der Waals surface area contributed by atoms with Crippen LogP contribution in [-0.2, 0) is 6.42 Å². The fourth-order valence-electron chi connectivity index (χ4n) is 3.13. The van der Waals surface area contributed by atoms with Crippen molar-refractivity contribution in [2.45, 2.75) is 32.6 Å². The summed E-state index contributed by atoms with van der Waals surface area (Å²) in [5, 5.41) is 2.97. The molecule has 0 aliphatic heterocycles. The van der Waals surface area contributed by atoms with Crippen LogP contribution in [0.5, 0.6) is 0 Å². The Labute approximate surface area is 153 Å². The molecule has 0 saturated heterocycles. The topological polar surface area (TPSA) is 0 Å². The number of aryl methyl sites for hydroxylation is 1. The van der Waals surface area contributed by atoms with Crippen molar-refractivity contribution in [1.29, 1.82) is 0 Å². The lowest BCUT2D eigenvalue weighted by atomic mass is 10.0. The van der Waals surface area contributed by atoms with Gasteiger partial charge in [-0.3, -0.25) is 0 Å². The van der Waals surface area contributed by atoms with Crippen LogP contribution in [0.25, 0.3) is 0 Å². The molecule has 0 aromatic heterocycles. The fraction of sp³-hybridized carbons (Fsp3) is 0.250. The summed E-state index contributed by atoms with van der Waals surface area (Å²) < 4.78 is 0. The van der Waals surface area contributed by atoms with Crippen molar-refractivity contribution in [3.63, 3.8) is 0 Å². The molecule has 0 N–H and O–H groups in total. The van der Waals surface area contributed by atoms with E-state index in [1.165, 1.54) is 34.3 Å². The molecule has 0 heterocycles. The largest absolute Gasteiger partial charge is 0.0622 e. The maximum atomic E-state index is 2.31. The summed E-state index contributed by atoms with van der Waals surface area (Å²) in [7, 11) is -0.264. The minimum Gasteiger partial charge on any atom is -0.0622 e. The van der Waals surface area contributed by atoms with E-state index in [2.05, 4.69) is 98.8 Å². The highest BCUT2D eigenvalue weighted by atomic mass is 31.1. The molecular formula is C24H27P. The van der Waals surface area contributed by atoms with Gasteiger partial charge in [0.1, 0.15) is 0 Å². The zero-order chi connectivity index (χ0) is 17.5. The van der Waals surface area contributed by atoms with Crippen molar-refractivity contribution < 1.29 is 0 Å². The molecule has 0 fully saturated rings. The van der Waals surface area contributed by atoms with Crippen LogP contribution in [0.3, 0.4) is 0 Å². The average molecular weight is 346 g/mol. The molecule has 1 heteroatoms. The Balaban J connectivity index is 1.67. The van der Waals surface area contributed by atoms with Gasteiger partial charge in [-0.1, -0.05) is 98.8 Å². The standard InChI is InChI=1S/C24H27P/c1-20(2)22-17-15-21(16-18-22)10-9-19-25(23-11-5-3-6-12-23)24-13-7-4-8-14-24/h3-8,11-18,20H,9-10,19H2,1-2H3. The van der Waals surface area contributed by atoms with Crippen molar-refractivity contribution in [3.05, 3.63) is 96.1 Å². The highest BCUT2D eigenvalue weighted by molar-refractivity contribution is 7.73. The first-order valence-electron chi connectivity index (χ1n) is 9.20. The molecule has 0 atom stereocenters. The first kappa shape index (κ1) is 17.9. The van der Waals surface area contributed by atoms with Gasteiger partial charge in [0.15, 0.2) is 0 Å². The highest BCUT2D eigenvalue weighted by Gasteiger charge is 2.12. The minimum absolute atomic E-state index is 0.264. The molecular weight excluding hydrogens is 319 g/mol. The molecule has 3 rings (SSSR count). The molecule has 0 amide bonds. The van der Waals surface area contributed by atoms with Gasteiger partial charge in [-0.2, -0.15) is 0 Å². The summed E-state index contributed by atoms with van der Waals surface area (Å²) in [6, 6.07) is 31.2. The molecule has 3 aromatic carbocycles. The van der Waals surface area contributed by atoms with E-state index in [1.54, 1.807) is 0 Å². The first-order chi connectivity index (χ1) is 12.2. The van der Waals surface area contributed by atoms with Gasteiger partial charge < -0.3 is 0 Å². The van der Waals surface area contributed by atoms with Gasteiger partial charge in [-0.15, -0.1) is 0 Å². The summed E-state index contributed by atoms with van der Waals surface area (Å²) in [5.74, 6) is 0.609. The number of benzene rings is 3. The van der Waals surface area contributed by atoms with Gasteiger partial charge in [0.2, 0.25) is 0 Å². The van der Waals surface area contributed by atoms with E-state index < -0.39 is 0 Å². The third kappa shape index (κ3) is 5.03. The van der Waals surface area contributed by atoms with Crippen molar-refractivity contribution in [2.24, 2.45) is 0 Å². The van der Waals surface area contributed by atoms with Crippen LogP contribution in [0.1, 0.15) is 37.3 Å². The number of hydrogen-bond donors (Lipinski definition) is 0. The minimum atomic E-state index is -0.264. The Bertz CT molecular complexity index is 706. The maximum absolute atomic E-state index is 2.31. The molecule has 25 heavy (non-hydrogen) atoms. The Kier molecular flexibility index (Phi) is 6.42. The molecule has 0 unspecified atom stereocenters. The predicted octanol–water partition coefficient (Wildman–Crippen LogP) is 5.88. The van der Waals surface area contributed by atoms with E-state index in [1.807, 2.05) is 0 Å². The summed E-state index contributed by atoms with van der Waals surface area (Å²) >= 11 is 0. The van der Waals surface area contributed by atoms with Gasteiger partial charge in [-0.05, 0) is 54.6 Å². The maximum Gasteiger partial charge on any atom is -0.0195 e. The van der Waals surface area contributed by atoms with Gasteiger partial charge >= 0.3 is 0 Å². The van der Waals surface area contributed by atoms with Crippen molar-refractivity contribution in [2.75, 3.05) is 6.16 Å². The van der Waals surface area contributed by atoms with Crippen LogP contribution >= 0.6 is 7.92 Å². The Morgan fingerprint density at radius 3 is 1.68 bits per heavy atom. The monoisotopic (exact) mass is 346 g/mol. The summed E-state index contributed by atoms with van der Waals surface area (Å²) in [6.07, 6.45) is 3.64. The van der Waals surface area contributed by atoms with Crippen LogP contribution in [0.4, 0.5) is 0 Å². The zero-order valence-electron chi connectivity index (χ0n) is 15.2. The fourth-order valence-corrected chi connectivity index (χ4v) is 5.49. The van der Waals surface area contributed by atoms with Crippen LogP contribution in [-0.4, -0.2) is 6.16 Å². The smallest absolute Gasteiger partial charge is 0.0195 e. The molecule has 0 saturated carbocycles. The molecule has 0 radical (unpaired) electrons. The second-order valence-electron chi connectivity index (χ2n) is 6.82. The van der Waals surface area contributed by atoms with Crippen LogP contribution in [0.2, 0.25) is 0 Å². The zero-order valence-corrected chi connectivity index (χ0v) is 16.1. The molecule has 0 aliphatic rings. The molecule has 0 bridgehead atoms. The SMILES string of the molecule is CC(C)c1ccc(CCCP(c2ccccc2)c2ccccc2)cc1. The second kappa shape index (κ2) is 8.97. The second-order valence-corrected chi connectivity index (χ2v) is 9.16. The van der Waals surface area contributed by atoms with Crippen molar-refractivity contribution in [1.82, 2.24) is 0 Å². The lowest BCUT2D eigenvalue weighted by molar-refractivity contribution is 0.861. The van der Waals surface area contributed by atoms with Crippen LogP contribution in [0, 0.1) is 0 Å². The molecule has 0 spiro atoms. The summed E-state index contributed by atoms with van der Waals surface area (Å²) in [4.78, 5) is 0. The lowest BCUT2D eigenvalue weighted by Gasteiger charge is -2.18. The highest BCUT2D eigenvalue weighted by Crippen LogP contribution is 2.34. The average Bonchev–Trinajstić information content (AvgIpc) is 2.67. The van der Waals surface area contributed by atoms with Gasteiger partial charge in [0.05, 0.1) is 0 Å². The van der Waals surface area contributed by atoms with Crippen molar-refractivity contribution in [3.8, 4) is 0 Å². The van der Waals surface area contributed by atoms with E-state index >= 15 is 0 Å². The Hall–Kier alpha value is -1.91. The molecule has 3 aromatic rings. The predicted molar refractivity (Wildman–Crippen MR) is 113 cm³/mol. The molecule has 128 valence electrons. The number of rotatable bonds is 7. The van der Waals surface area contributed by atoms with E-state index in [9.17, 15) is 0 Å². The van der Waals surface area contributed by atoms with E-state index in [0.29, 0.717) is 5.92 Å². The molecule has 0 aliphatic carbocycles. The lowest BCUT2D eigenvalue weighted by Crippen LogP contribution is -2.14. The van der Waals surface area contributed by atoms with E-state index in [-0.39, 0.29) is 7.92 Å². The van der Waals surface area contributed by atoms with E-state index in [0.717, 1.165) is 6.42 Å². The Morgan fingerprint density at radius 2 is 1.20 bits per heavy atom.